The van der Waals surface area contributed by atoms with Gasteiger partial charge >= 0.3 is 0 Å². The standard InChI is InChI=1S/C16H33NO2/c1-4-5-6-7-8-9-10-11-14-15(17)16(18-3)13(2)12-19-14/h13-16H,4-12,17H2,1-3H3/t13-,14-,15+,16-/m0/s1. The van der Waals surface area contributed by atoms with Crippen LogP contribution in [-0.4, -0.2) is 32.0 Å². The van der Waals surface area contributed by atoms with E-state index in [1.807, 2.05) is 0 Å². The van der Waals surface area contributed by atoms with Crippen molar-refractivity contribution >= 4 is 0 Å². The lowest BCUT2D eigenvalue weighted by Gasteiger charge is -2.39. The van der Waals surface area contributed by atoms with E-state index in [0.29, 0.717) is 5.92 Å². The molecule has 1 rings (SSSR count). The summed E-state index contributed by atoms with van der Waals surface area (Å²) in [5.41, 5.74) is 6.25. The van der Waals surface area contributed by atoms with Crippen LogP contribution in [0, 0.1) is 5.92 Å². The van der Waals surface area contributed by atoms with Gasteiger partial charge in [-0.05, 0) is 6.42 Å². The van der Waals surface area contributed by atoms with E-state index in [4.69, 9.17) is 15.2 Å². The number of hydrogen-bond acceptors (Lipinski definition) is 3. The molecule has 19 heavy (non-hydrogen) atoms. The fraction of sp³-hybridized carbons (Fsp3) is 1.00. The molecule has 1 aliphatic rings. The normalized spacial score (nSPS) is 31.6. The predicted octanol–water partition coefficient (Wildman–Crippen LogP) is 3.50. The molecule has 1 aliphatic heterocycles. The van der Waals surface area contributed by atoms with Crippen LogP contribution in [0.4, 0.5) is 0 Å². The number of methoxy groups -OCH3 is 1. The first-order chi connectivity index (χ1) is 9.20. The summed E-state index contributed by atoms with van der Waals surface area (Å²) in [5, 5.41) is 0. The highest BCUT2D eigenvalue weighted by Gasteiger charge is 2.35. The summed E-state index contributed by atoms with van der Waals surface area (Å²) in [6.45, 7) is 5.19. The van der Waals surface area contributed by atoms with Crippen molar-refractivity contribution < 1.29 is 9.47 Å². The summed E-state index contributed by atoms with van der Waals surface area (Å²) in [6.07, 6.45) is 10.8. The number of nitrogens with two attached hydrogens (primary N) is 1. The molecule has 3 nitrogen and oxygen atoms in total. The third-order valence-electron chi connectivity index (χ3n) is 4.31. The Morgan fingerprint density at radius 1 is 1.11 bits per heavy atom. The summed E-state index contributed by atoms with van der Waals surface area (Å²) < 4.78 is 11.4. The molecule has 0 bridgehead atoms. The monoisotopic (exact) mass is 271 g/mol. The maximum Gasteiger partial charge on any atom is 0.0794 e. The maximum absolute atomic E-state index is 6.25. The van der Waals surface area contributed by atoms with E-state index in [1.54, 1.807) is 7.11 Å². The van der Waals surface area contributed by atoms with Gasteiger partial charge in [0.05, 0.1) is 24.9 Å². The summed E-state index contributed by atoms with van der Waals surface area (Å²) >= 11 is 0. The van der Waals surface area contributed by atoms with Gasteiger partial charge in [0.25, 0.3) is 0 Å². The van der Waals surface area contributed by atoms with Crippen molar-refractivity contribution in [3.05, 3.63) is 0 Å². The number of ether oxygens (including phenoxy) is 2. The average Bonchev–Trinajstić information content (AvgIpc) is 2.40. The third kappa shape index (κ3) is 5.80. The molecular formula is C16H33NO2. The van der Waals surface area contributed by atoms with E-state index in [2.05, 4.69) is 13.8 Å². The minimum atomic E-state index is 0.0360. The second-order valence-corrected chi connectivity index (χ2v) is 6.04. The molecule has 114 valence electrons. The Kier molecular flexibility index (Phi) is 8.67. The Bertz CT molecular complexity index is 223. The molecule has 0 spiro atoms. The van der Waals surface area contributed by atoms with Gasteiger partial charge in [0.15, 0.2) is 0 Å². The molecule has 0 aliphatic carbocycles. The van der Waals surface area contributed by atoms with Gasteiger partial charge in [-0.25, -0.2) is 0 Å². The Morgan fingerprint density at radius 3 is 2.37 bits per heavy atom. The van der Waals surface area contributed by atoms with Gasteiger partial charge in [-0.15, -0.1) is 0 Å². The predicted molar refractivity (Wildman–Crippen MR) is 80.3 cm³/mol. The molecule has 0 radical (unpaired) electrons. The minimum Gasteiger partial charge on any atom is -0.379 e. The lowest BCUT2D eigenvalue weighted by Crippen LogP contribution is -2.54. The molecule has 1 heterocycles. The zero-order valence-electron chi connectivity index (χ0n) is 13.1. The lowest BCUT2D eigenvalue weighted by molar-refractivity contribution is -0.109. The molecule has 0 aromatic rings. The van der Waals surface area contributed by atoms with Crippen LogP contribution in [0.3, 0.4) is 0 Å². The maximum atomic E-state index is 6.25. The van der Waals surface area contributed by atoms with E-state index in [0.717, 1.165) is 13.0 Å². The molecule has 0 amide bonds. The second-order valence-electron chi connectivity index (χ2n) is 6.04. The zero-order chi connectivity index (χ0) is 14.1. The fourth-order valence-electron chi connectivity index (χ4n) is 3.04. The van der Waals surface area contributed by atoms with Gasteiger partial charge in [0.1, 0.15) is 0 Å². The minimum absolute atomic E-state index is 0.0360. The van der Waals surface area contributed by atoms with E-state index in [-0.39, 0.29) is 18.2 Å². The molecular weight excluding hydrogens is 238 g/mol. The van der Waals surface area contributed by atoms with Crippen LogP contribution < -0.4 is 5.73 Å². The van der Waals surface area contributed by atoms with Crippen molar-refractivity contribution in [1.29, 1.82) is 0 Å². The average molecular weight is 271 g/mol. The molecule has 0 unspecified atom stereocenters. The van der Waals surface area contributed by atoms with Crippen molar-refractivity contribution in [2.75, 3.05) is 13.7 Å². The van der Waals surface area contributed by atoms with Crippen LogP contribution in [0.25, 0.3) is 0 Å². The van der Waals surface area contributed by atoms with Gasteiger partial charge in [-0.3, -0.25) is 0 Å². The van der Waals surface area contributed by atoms with E-state index in [9.17, 15) is 0 Å². The van der Waals surface area contributed by atoms with E-state index in [1.165, 1.54) is 44.9 Å². The van der Waals surface area contributed by atoms with Crippen LogP contribution >= 0.6 is 0 Å². The molecule has 0 aromatic heterocycles. The second kappa shape index (κ2) is 9.73. The van der Waals surface area contributed by atoms with E-state index < -0.39 is 0 Å². The van der Waals surface area contributed by atoms with Crippen molar-refractivity contribution in [3.8, 4) is 0 Å². The summed E-state index contributed by atoms with van der Waals surface area (Å²) in [6, 6.07) is 0.0360. The molecule has 1 saturated heterocycles. The highest BCUT2D eigenvalue weighted by atomic mass is 16.5. The molecule has 2 N–H and O–H groups in total. The first-order valence-electron chi connectivity index (χ1n) is 8.10. The number of unbranched alkanes of at least 4 members (excludes halogenated alkanes) is 6. The third-order valence-corrected chi connectivity index (χ3v) is 4.31. The Morgan fingerprint density at radius 2 is 1.74 bits per heavy atom. The van der Waals surface area contributed by atoms with Gasteiger partial charge in [-0.1, -0.05) is 58.8 Å². The van der Waals surface area contributed by atoms with Crippen LogP contribution in [0.2, 0.25) is 0 Å². The van der Waals surface area contributed by atoms with Gasteiger partial charge < -0.3 is 15.2 Å². The number of rotatable bonds is 9. The highest BCUT2D eigenvalue weighted by Crippen LogP contribution is 2.24. The SMILES string of the molecule is CCCCCCCCC[C@@H]1OC[C@H](C)[C@H](OC)[C@@H]1N. The van der Waals surface area contributed by atoms with E-state index >= 15 is 0 Å². The van der Waals surface area contributed by atoms with Crippen molar-refractivity contribution in [1.82, 2.24) is 0 Å². The fourth-order valence-corrected chi connectivity index (χ4v) is 3.04. The van der Waals surface area contributed by atoms with Crippen molar-refractivity contribution in [2.24, 2.45) is 11.7 Å². The quantitative estimate of drug-likeness (QED) is 0.653. The smallest absolute Gasteiger partial charge is 0.0794 e. The summed E-state index contributed by atoms with van der Waals surface area (Å²) in [5.74, 6) is 0.408. The highest BCUT2D eigenvalue weighted by molar-refractivity contribution is 4.89. The lowest BCUT2D eigenvalue weighted by atomic mass is 9.89. The Labute approximate surface area is 119 Å². The van der Waals surface area contributed by atoms with Crippen LogP contribution in [0.1, 0.15) is 65.2 Å². The molecule has 0 aromatic carbocycles. The molecule has 0 saturated carbocycles. The first-order valence-corrected chi connectivity index (χ1v) is 8.10. The molecule has 1 fully saturated rings. The Balaban J connectivity index is 2.12. The van der Waals surface area contributed by atoms with Gasteiger partial charge in [0, 0.05) is 13.0 Å². The molecule has 3 heteroatoms. The van der Waals surface area contributed by atoms with Gasteiger partial charge in [0.2, 0.25) is 0 Å². The largest absolute Gasteiger partial charge is 0.379 e. The Hall–Kier alpha value is -0.120. The summed E-state index contributed by atoms with van der Waals surface area (Å²) in [7, 11) is 1.76. The molecule has 4 atom stereocenters. The summed E-state index contributed by atoms with van der Waals surface area (Å²) in [4.78, 5) is 0. The van der Waals surface area contributed by atoms with Crippen molar-refractivity contribution in [3.63, 3.8) is 0 Å². The zero-order valence-corrected chi connectivity index (χ0v) is 13.1. The van der Waals surface area contributed by atoms with Gasteiger partial charge in [-0.2, -0.15) is 0 Å². The van der Waals surface area contributed by atoms with Crippen LogP contribution in [0.15, 0.2) is 0 Å². The van der Waals surface area contributed by atoms with Crippen molar-refractivity contribution in [2.45, 2.75) is 83.5 Å². The topological polar surface area (TPSA) is 44.5 Å². The van der Waals surface area contributed by atoms with Crippen LogP contribution in [-0.2, 0) is 9.47 Å². The first kappa shape index (κ1) is 16.9. The van der Waals surface area contributed by atoms with Crippen LogP contribution in [0.5, 0.6) is 0 Å². The number of hydrogen-bond donors (Lipinski definition) is 1.